The van der Waals surface area contributed by atoms with E-state index in [0.29, 0.717) is 0 Å². The first-order valence-corrected chi connectivity index (χ1v) is 7.61. The van der Waals surface area contributed by atoms with E-state index in [1.807, 2.05) is 18.3 Å². The number of nitrogens with zero attached hydrogens (tertiary/aromatic N) is 1. The van der Waals surface area contributed by atoms with Crippen molar-refractivity contribution in [3.8, 4) is 0 Å². The van der Waals surface area contributed by atoms with Crippen LogP contribution in [-0.4, -0.2) is 11.5 Å². The Kier molecular flexibility index (Phi) is 4.48. The van der Waals surface area contributed by atoms with Crippen LogP contribution >= 0.6 is 15.9 Å². The van der Waals surface area contributed by atoms with Gasteiger partial charge in [0.25, 0.3) is 0 Å². The lowest BCUT2D eigenvalue weighted by Gasteiger charge is -2.26. The van der Waals surface area contributed by atoms with Crippen LogP contribution in [0.25, 0.3) is 0 Å². The Bertz CT molecular complexity index is 588. The van der Waals surface area contributed by atoms with Crippen LogP contribution in [0.2, 0.25) is 0 Å². The third-order valence-electron chi connectivity index (χ3n) is 3.73. The van der Waals surface area contributed by atoms with Crippen LogP contribution in [-0.2, 0) is 5.41 Å². The number of hydrogen-bond donors (Lipinski definition) is 1. The van der Waals surface area contributed by atoms with Crippen molar-refractivity contribution in [2.45, 2.75) is 33.1 Å². The molecule has 1 aromatic heterocycles. The molecule has 1 N–H and O–H groups in total. The molecule has 20 heavy (non-hydrogen) atoms. The van der Waals surface area contributed by atoms with Gasteiger partial charge in [-0.05, 0) is 58.6 Å². The van der Waals surface area contributed by atoms with Crippen molar-refractivity contribution in [2.75, 3.05) is 11.9 Å². The summed E-state index contributed by atoms with van der Waals surface area (Å²) in [5.74, 6) is 0.908. The van der Waals surface area contributed by atoms with Gasteiger partial charge >= 0.3 is 0 Å². The Morgan fingerprint density at radius 1 is 1.10 bits per heavy atom. The number of aromatic nitrogens is 1. The van der Waals surface area contributed by atoms with E-state index < -0.39 is 0 Å². The van der Waals surface area contributed by atoms with Gasteiger partial charge in [-0.1, -0.05) is 32.0 Å². The van der Waals surface area contributed by atoms with Gasteiger partial charge in [0.2, 0.25) is 0 Å². The first-order valence-electron chi connectivity index (χ1n) is 6.82. The van der Waals surface area contributed by atoms with Gasteiger partial charge in [0.15, 0.2) is 0 Å². The molecule has 1 aromatic carbocycles. The van der Waals surface area contributed by atoms with E-state index in [1.54, 1.807) is 0 Å². The van der Waals surface area contributed by atoms with Crippen LogP contribution in [0.15, 0.2) is 41.0 Å². The topological polar surface area (TPSA) is 24.9 Å². The lowest BCUT2D eigenvalue weighted by molar-refractivity contribution is 0.555. The number of halogens is 1. The van der Waals surface area contributed by atoms with E-state index in [0.717, 1.165) is 16.8 Å². The van der Waals surface area contributed by atoms with Crippen molar-refractivity contribution in [2.24, 2.45) is 0 Å². The summed E-state index contributed by atoms with van der Waals surface area (Å²) in [5.41, 5.74) is 4.10. The molecule has 0 unspecified atom stereocenters. The Morgan fingerprint density at radius 3 is 2.45 bits per heavy atom. The third-order valence-corrected chi connectivity index (χ3v) is 4.20. The molecule has 0 aliphatic carbocycles. The van der Waals surface area contributed by atoms with Gasteiger partial charge in [-0.2, -0.15) is 0 Å². The van der Waals surface area contributed by atoms with Crippen molar-refractivity contribution >= 4 is 21.7 Å². The summed E-state index contributed by atoms with van der Waals surface area (Å²) in [4.78, 5) is 4.35. The zero-order chi connectivity index (χ0) is 14.8. The number of nitrogens with one attached hydrogen (secondary N) is 1. The predicted molar refractivity (Wildman–Crippen MR) is 89.4 cm³/mol. The molecule has 0 aliphatic rings. The molecule has 0 saturated carbocycles. The van der Waals surface area contributed by atoms with Crippen molar-refractivity contribution in [3.63, 3.8) is 0 Å². The lowest BCUT2D eigenvalue weighted by Crippen LogP contribution is -2.28. The normalized spacial score (nSPS) is 11.4. The highest BCUT2D eigenvalue weighted by Gasteiger charge is 2.20. The first-order chi connectivity index (χ1) is 9.38. The largest absolute Gasteiger partial charge is 0.369 e. The Balaban J connectivity index is 2.10. The van der Waals surface area contributed by atoms with Crippen molar-refractivity contribution in [1.29, 1.82) is 0 Å². The second-order valence-electron chi connectivity index (χ2n) is 5.90. The van der Waals surface area contributed by atoms with Gasteiger partial charge in [0, 0.05) is 22.6 Å². The van der Waals surface area contributed by atoms with Crippen LogP contribution in [0.3, 0.4) is 0 Å². The van der Waals surface area contributed by atoms with Gasteiger partial charge in [-0.25, -0.2) is 4.98 Å². The molecule has 2 rings (SSSR count). The Morgan fingerprint density at radius 2 is 1.85 bits per heavy atom. The average molecular weight is 333 g/mol. The molecular formula is C17H21BrN2. The highest BCUT2D eigenvalue weighted by molar-refractivity contribution is 9.10. The molecule has 0 radical (unpaired) electrons. The molecule has 3 heteroatoms. The van der Waals surface area contributed by atoms with E-state index in [2.05, 4.69) is 72.1 Å². The van der Waals surface area contributed by atoms with E-state index in [9.17, 15) is 0 Å². The number of aryl methyl sites for hydroxylation is 2. The van der Waals surface area contributed by atoms with Crippen LogP contribution in [0.5, 0.6) is 0 Å². The molecule has 1 heterocycles. The Hall–Kier alpha value is -1.35. The monoisotopic (exact) mass is 332 g/mol. The molecular weight excluding hydrogens is 312 g/mol. The molecule has 0 bridgehead atoms. The summed E-state index contributed by atoms with van der Waals surface area (Å²) < 4.78 is 0.997. The van der Waals surface area contributed by atoms with Crippen LogP contribution < -0.4 is 5.32 Å². The van der Waals surface area contributed by atoms with E-state index in [1.165, 1.54) is 16.7 Å². The molecule has 2 nitrogen and oxygen atoms in total. The molecule has 106 valence electrons. The number of pyridine rings is 1. The zero-order valence-corrected chi connectivity index (χ0v) is 14.1. The van der Waals surface area contributed by atoms with Gasteiger partial charge in [0.1, 0.15) is 5.82 Å². The fourth-order valence-corrected chi connectivity index (χ4v) is 2.29. The minimum Gasteiger partial charge on any atom is -0.369 e. The molecule has 0 amide bonds. The number of rotatable bonds is 4. The van der Waals surface area contributed by atoms with Gasteiger partial charge in [0.05, 0.1) is 0 Å². The van der Waals surface area contributed by atoms with Crippen LogP contribution in [0, 0.1) is 13.8 Å². The summed E-state index contributed by atoms with van der Waals surface area (Å²) in [5, 5.41) is 3.41. The Labute approximate surface area is 129 Å². The van der Waals surface area contributed by atoms with Crippen molar-refractivity contribution in [3.05, 3.63) is 57.7 Å². The maximum absolute atomic E-state index is 4.35. The quantitative estimate of drug-likeness (QED) is 0.865. The molecule has 0 spiro atoms. The number of hydrogen-bond acceptors (Lipinski definition) is 2. The second kappa shape index (κ2) is 5.96. The van der Waals surface area contributed by atoms with Crippen LogP contribution in [0.1, 0.15) is 30.5 Å². The summed E-state index contributed by atoms with van der Waals surface area (Å²) in [6.45, 7) is 9.67. The zero-order valence-electron chi connectivity index (χ0n) is 12.5. The van der Waals surface area contributed by atoms with Crippen molar-refractivity contribution in [1.82, 2.24) is 4.98 Å². The maximum Gasteiger partial charge on any atom is 0.125 e. The number of benzene rings is 1. The highest BCUT2D eigenvalue weighted by atomic mass is 79.9. The standard InChI is InChI=1S/C17H21BrN2/c1-12-5-6-14(9-13(12)2)17(3,4)11-20-16-8-7-15(18)10-19-16/h5-10H,11H2,1-4H3,(H,19,20). The minimum atomic E-state index is 0.0627. The fraction of sp³-hybridized carbons (Fsp3) is 0.353. The van der Waals surface area contributed by atoms with Crippen molar-refractivity contribution < 1.29 is 0 Å². The van der Waals surface area contributed by atoms with E-state index in [-0.39, 0.29) is 5.41 Å². The summed E-state index contributed by atoms with van der Waals surface area (Å²) >= 11 is 3.40. The smallest absolute Gasteiger partial charge is 0.125 e. The fourth-order valence-electron chi connectivity index (χ4n) is 2.06. The lowest BCUT2D eigenvalue weighted by atomic mass is 9.83. The van der Waals surface area contributed by atoms with Gasteiger partial charge in [-0.3, -0.25) is 0 Å². The maximum atomic E-state index is 4.35. The molecule has 0 atom stereocenters. The summed E-state index contributed by atoms with van der Waals surface area (Å²) in [7, 11) is 0. The first kappa shape index (κ1) is 15.0. The molecule has 0 saturated heterocycles. The predicted octanol–water partition coefficient (Wildman–Crippen LogP) is 4.85. The SMILES string of the molecule is Cc1ccc(C(C)(C)CNc2ccc(Br)cn2)cc1C. The van der Waals surface area contributed by atoms with Gasteiger partial charge in [-0.15, -0.1) is 0 Å². The van der Waals surface area contributed by atoms with Gasteiger partial charge < -0.3 is 5.32 Å². The summed E-state index contributed by atoms with van der Waals surface area (Å²) in [6.07, 6.45) is 1.81. The van der Waals surface area contributed by atoms with E-state index in [4.69, 9.17) is 0 Å². The summed E-state index contributed by atoms with van der Waals surface area (Å²) in [6, 6.07) is 10.7. The second-order valence-corrected chi connectivity index (χ2v) is 6.81. The average Bonchev–Trinajstić information content (AvgIpc) is 2.41. The van der Waals surface area contributed by atoms with E-state index >= 15 is 0 Å². The minimum absolute atomic E-state index is 0.0627. The third kappa shape index (κ3) is 3.60. The molecule has 2 aromatic rings. The molecule has 0 aliphatic heterocycles. The highest BCUT2D eigenvalue weighted by Crippen LogP contribution is 2.25. The van der Waals surface area contributed by atoms with Crippen LogP contribution in [0.4, 0.5) is 5.82 Å². The molecule has 0 fully saturated rings. The number of anilines is 1.